The molecule has 2 saturated carbocycles. The first kappa shape index (κ1) is 15.4. The Morgan fingerprint density at radius 1 is 0.895 bits per heavy atom. The topological polar surface area (TPSA) is 9.23 Å². The number of rotatable bonds is 6. The third-order valence-electron chi connectivity index (χ3n) is 5.83. The summed E-state index contributed by atoms with van der Waals surface area (Å²) >= 11 is 0. The zero-order valence-electron chi connectivity index (χ0n) is 13.2. The van der Waals surface area contributed by atoms with E-state index in [9.17, 15) is 0 Å². The second kappa shape index (κ2) is 8.29. The van der Waals surface area contributed by atoms with Gasteiger partial charge in [-0.2, -0.15) is 0 Å². The van der Waals surface area contributed by atoms with Crippen molar-refractivity contribution in [2.75, 3.05) is 7.11 Å². The third-order valence-corrected chi connectivity index (χ3v) is 5.83. The van der Waals surface area contributed by atoms with Crippen LogP contribution in [0, 0.1) is 17.8 Å². The van der Waals surface area contributed by atoms with Crippen molar-refractivity contribution in [3.63, 3.8) is 0 Å². The maximum atomic E-state index is 5.34. The van der Waals surface area contributed by atoms with E-state index in [-0.39, 0.29) is 0 Å². The van der Waals surface area contributed by atoms with Crippen LogP contribution in [0.3, 0.4) is 0 Å². The van der Waals surface area contributed by atoms with Crippen molar-refractivity contribution in [2.45, 2.75) is 90.1 Å². The molecule has 2 rings (SSSR count). The van der Waals surface area contributed by atoms with Crippen LogP contribution >= 0.6 is 0 Å². The lowest BCUT2D eigenvalue weighted by Crippen LogP contribution is -2.23. The maximum absolute atomic E-state index is 5.34. The Labute approximate surface area is 120 Å². The van der Waals surface area contributed by atoms with Crippen LogP contribution in [0.1, 0.15) is 84.0 Å². The van der Waals surface area contributed by atoms with Crippen LogP contribution < -0.4 is 0 Å². The molecule has 0 aromatic heterocycles. The molecule has 2 fully saturated rings. The molecule has 0 aromatic carbocycles. The van der Waals surface area contributed by atoms with E-state index in [1.54, 1.807) is 12.8 Å². The van der Waals surface area contributed by atoms with E-state index < -0.39 is 0 Å². The molecule has 1 heteroatoms. The fourth-order valence-corrected chi connectivity index (χ4v) is 4.37. The molecule has 2 aliphatic rings. The first-order valence-corrected chi connectivity index (χ1v) is 8.82. The molecule has 0 spiro atoms. The van der Waals surface area contributed by atoms with E-state index in [4.69, 9.17) is 4.74 Å². The summed E-state index contributed by atoms with van der Waals surface area (Å²) < 4.78 is 5.34. The first-order valence-electron chi connectivity index (χ1n) is 8.82. The average molecular weight is 266 g/mol. The van der Waals surface area contributed by atoms with Crippen LogP contribution in [-0.2, 0) is 4.74 Å². The van der Waals surface area contributed by atoms with Crippen molar-refractivity contribution in [1.82, 2.24) is 0 Å². The second-order valence-corrected chi connectivity index (χ2v) is 7.16. The molecule has 0 heterocycles. The summed E-state index contributed by atoms with van der Waals surface area (Å²) in [4.78, 5) is 0. The van der Waals surface area contributed by atoms with E-state index in [0.717, 1.165) is 17.8 Å². The van der Waals surface area contributed by atoms with Crippen molar-refractivity contribution in [3.8, 4) is 0 Å². The average Bonchev–Trinajstić information content (AvgIpc) is 2.48. The monoisotopic (exact) mass is 266 g/mol. The highest BCUT2D eigenvalue weighted by molar-refractivity contribution is 4.80. The van der Waals surface area contributed by atoms with Crippen LogP contribution in [0.5, 0.6) is 0 Å². The number of hydrogen-bond acceptors (Lipinski definition) is 1. The molecule has 0 aromatic rings. The van der Waals surface area contributed by atoms with Gasteiger partial charge < -0.3 is 4.74 Å². The molecule has 19 heavy (non-hydrogen) atoms. The minimum Gasteiger partial charge on any atom is -0.382 e. The predicted octanol–water partition coefficient (Wildman–Crippen LogP) is 5.58. The molecule has 0 saturated heterocycles. The Hall–Kier alpha value is -0.0400. The van der Waals surface area contributed by atoms with Gasteiger partial charge >= 0.3 is 0 Å². The molecule has 0 amide bonds. The van der Waals surface area contributed by atoms with Gasteiger partial charge in [0.2, 0.25) is 0 Å². The summed E-state index contributed by atoms with van der Waals surface area (Å²) in [5, 5.41) is 0. The minimum absolute atomic E-state index is 0.457. The molecule has 112 valence electrons. The van der Waals surface area contributed by atoms with E-state index >= 15 is 0 Å². The van der Waals surface area contributed by atoms with Gasteiger partial charge in [-0.3, -0.25) is 0 Å². The summed E-state index contributed by atoms with van der Waals surface area (Å²) in [6.45, 7) is 2.19. The molecular formula is C18H34O. The molecule has 0 radical (unpaired) electrons. The van der Waals surface area contributed by atoms with Gasteiger partial charge in [-0.15, -0.1) is 0 Å². The van der Waals surface area contributed by atoms with E-state index in [0.29, 0.717) is 6.10 Å². The van der Waals surface area contributed by atoms with Crippen molar-refractivity contribution in [1.29, 1.82) is 0 Å². The Bertz CT molecular complexity index is 224. The smallest absolute Gasteiger partial charge is 0.0543 e. The number of hydrogen-bond donors (Lipinski definition) is 0. The molecule has 0 bridgehead atoms. The zero-order chi connectivity index (χ0) is 13.5. The van der Waals surface area contributed by atoms with Crippen molar-refractivity contribution in [3.05, 3.63) is 0 Å². The normalized spacial score (nSPS) is 31.3. The third kappa shape index (κ3) is 5.10. The fraction of sp³-hybridized carbons (Fsp3) is 1.00. The molecular weight excluding hydrogens is 232 g/mol. The van der Waals surface area contributed by atoms with Gasteiger partial charge in [0.25, 0.3) is 0 Å². The Morgan fingerprint density at radius 2 is 1.53 bits per heavy atom. The lowest BCUT2D eigenvalue weighted by molar-refractivity contribution is 0.104. The van der Waals surface area contributed by atoms with E-state index in [2.05, 4.69) is 6.92 Å². The highest BCUT2D eigenvalue weighted by Crippen LogP contribution is 2.41. The van der Waals surface area contributed by atoms with Gasteiger partial charge in [0.05, 0.1) is 6.10 Å². The summed E-state index contributed by atoms with van der Waals surface area (Å²) in [6, 6.07) is 0. The quantitative estimate of drug-likeness (QED) is 0.610. The van der Waals surface area contributed by atoms with E-state index in [1.165, 1.54) is 64.2 Å². The van der Waals surface area contributed by atoms with Gasteiger partial charge in [-0.05, 0) is 43.9 Å². The van der Waals surface area contributed by atoms with Crippen molar-refractivity contribution >= 4 is 0 Å². The Balaban J connectivity index is 1.59. The van der Waals surface area contributed by atoms with Crippen molar-refractivity contribution < 1.29 is 4.74 Å². The van der Waals surface area contributed by atoms with Gasteiger partial charge in [0.1, 0.15) is 0 Å². The Morgan fingerprint density at radius 3 is 2.16 bits per heavy atom. The SMILES string of the molecule is COC(C)CCCC1CCC(C2CCCCC2)CC1. The van der Waals surface area contributed by atoms with Gasteiger partial charge in [-0.25, -0.2) is 0 Å². The molecule has 0 aliphatic heterocycles. The highest BCUT2D eigenvalue weighted by atomic mass is 16.5. The first-order chi connectivity index (χ1) is 9.29. The van der Waals surface area contributed by atoms with Crippen molar-refractivity contribution in [2.24, 2.45) is 17.8 Å². The van der Waals surface area contributed by atoms with Crippen LogP contribution in [0.25, 0.3) is 0 Å². The largest absolute Gasteiger partial charge is 0.382 e. The highest BCUT2D eigenvalue weighted by Gasteiger charge is 2.28. The van der Waals surface area contributed by atoms with Gasteiger partial charge in [0, 0.05) is 7.11 Å². The van der Waals surface area contributed by atoms with E-state index in [1.807, 2.05) is 7.11 Å². The maximum Gasteiger partial charge on any atom is 0.0543 e. The van der Waals surface area contributed by atoms with Gasteiger partial charge in [-0.1, -0.05) is 57.8 Å². The minimum atomic E-state index is 0.457. The molecule has 1 nitrogen and oxygen atoms in total. The fourth-order valence-electron chi connectivity index (χ4n) is 4.37. The lowest BCUT2D eigenvalue weighted by Gasteiger charge is -2.36. The standard InChI is InChI=1S/C18H34O/c1-15(19-2)7-6-8-16-11-13-18(14-12-16)17-9-4-3-5-10-17/h15-18H,3-14H2,1-2H3. The predicted molar refractivity (Wildman–Crippen MR) is 82.3 cm³/mol. The van der Waals surface area contributed by atoms with Crippen LogP contribution in [0.4, 0.5) is 0 Å². The number of methoxy groups -OCH3 is 1. The van der Waals surface area contributed by atoms with Crippen LogP contribution in [0.2, 0.25) is 0 Å². The summed E-state index contributed by atoms with van der Waals surface area (Å²) in [5.74, 6) is 3.22. The van der Waals surface area contributed by atoms with Crippen LogP contribution in [0.15, 0.2) is 0 Å². The molecule has 1 unspecified atom stereocenters. The van der Waals surface area contributed by atoms with Crippen LogP contribution in [-0.4, -0.2) is 13.2 Å². The lowest BCUT2D eigenvalue weighted by atomic mass is 9.70. The zero-order valence-corrected chi connectivity index (χ0v) is 13.2. The second-order valence-electron chi connectivity index (χ2n) is 7.16. The summed E-state index contributed by atoms with van der Waals surface area (Å²) in [7, 11) is 1.83. The van der Waals surface area contributed by atoms with Gasteiger partial charge in [0.15, 0.2) is 0 Å². The number of ether oxygens (including phenoxy) is 1. The molecule has 0 N–H and O–H groups in total. The molecule has 1 atom stereocenters. The Kier molecular flexibility index (Phi) is 6.70. The summed E-state index contributed by atoms with van der Waals surface area (Å²) in [5.41, 5.74) is 0. The molecule has 2 aliphatic carbocycles. The summed E-state index contributed by atoms with van der Waals surface area (Å²) in [6.07, 6.45) is 18.2.